The van der Waals surface area contributed by atoms with Crippen molar-refractivity contribution in [2.45, 2.75) is 13.0 Å². The molecule has 1 aromatic heterocycles. The van der Waals surface area contributed by atoms with Crippen molar-refractivity contribution >= 4 is 44.6 Å². The Bertz CT molecular complexity index is 748. The summed E-state index contributed by atoms with van der Waals surface area (Å²) in [5, 5.41) is 12.2. The molecule has 0 saturated carbocycles. The number of benzene rings is 2. The van der Waals surface area contributed by atoms with Crippen LogP contribution < -0.4 is 10.6 Å². The van der Waals surface area contributed by atoms with Gasteiger partial charge in [-0.2, -0.15) is 0 Å². The highest BCUT2D eigenvalue weighted by molar-refractivity contribution is 7.80. The van der Waals surface area contributed by atoms with E-state index in [1.807, 2.05) is 5.38 Å². The summed E-state index contributed by atoms with van der Waals surface area (Å²) in [5.74, 6) is 0. The summed E-state index contributed by atoms with van der Waals surface area (Å²) >= 11 is 6.87. The molecule has 0 radical (unpaired) electrons. The van der Waals surface area contributed by atoms with Gasteiger partial charge >= 0.3 is 0 Å². The van der Waals surface area contributed by atoms with Gasteiger partial charge in [-0.15, -0.1) is 11.3 Å². The summed E-state index contributed by atoms with van der Waals surface area (Å²) in [4.78, 5) is 4.17. The third-order valence-corrected chi connectivity index (χ3v) is 4.20. The fourth-order valence-electron chi connectivity index (χ4n) is 2.32. The number of thiazole rings is 1. The maximum atomic E-state index is 5.35. The second kappa shape index (κ2) is 6.20. The summed E-state index contributed by atoms with van der Waals surface area (Å²) in [6.07, 6.45) is 1.75. The Labute approximate surface area is 133 Å². The van der Waals surface area contributed by atoms with E-state index in [-0.39, 0.29) is 6.04 Å². The summed E-state index contributed by atoms with van der Waals surface area (Å²) in [6.45, 7) is 2.11. The first-order valence-corrected chi connectivity index (χ1v) is 7.97. The zero-order chi connectivity index (χ0) is 14.7. The van der Waals surface area contributed by atoms with Gasteiger partial charge < -0.3 is 10.6 Å². The molecule has 0 aliphatic rings. The van der Waals surface area contributed by atoms with Gasteiger partial charge in [-0.05, 0) is 35.5 Å². The van der Waals surface area contributed by atoms with E-state index in [2.05, 4.69) is 65.0 Å². The van der Waals surface area contributed by atoms with E-state index < -0.39 is 0 Å². The number of aromatic nitrogens is 1. The second-order valence-electron chi connectivity index (χ2n) is 4.73. The standard InChI is InChI=1S/C16H15N3S2/c1-11(18-15(20)19-16-17-9-10-21-16)13-8-4-6-12-5-2-3-7-14(12)13/h2-11H,1H3,(H2,17,18,19,20)/t11-/m1/s1. The van der Waals surface area contributed by atoms with Gasteiger partial charge in [0.2, 0.25) is 0 Å². The van der Waals surface area contributed by atoms with Gasteiger partial charge in [0.1, 0.15) is 0 Å². The smallest absolute Gasteiger partial charge is 0.188 e. The number of rotatable bonds is 3. The molecule has 0 bridgehead atoms. The fourth-order valence-corrected chi connectivity index (χ4v) is 3.19. The summed E-state index contributed by atoms with van der Waals surface area (Å²) in [6, 6.07) is 14.8. The topological polar surface area (TPSA) is 37.0 Å². The van der Waals surface area contributed by atoms with Crippen molar-refractivity contribution in [3.8, 4) is 0 Å². The fraction of sp³-hybridized carbons (Fsp3) is 0.125. The molecule has 0 aliphatic carbocycles. The number of nitrogens with one attached hydrogen (secondary N) is 2. The summed E-state index contributed by atoms with van der Waals surface area (Å²) in [7, 11) is 0. The normalized spacial score (nSPS) is 12.0. The van der Waals surface area contributed by atoms with Crippen LogP contribution in [0.2, 0.25) is 0 Å². The second-order valence-corrected chi connectivity index (χ2v) is 6.03. The molecule has 2 aromatic carbocycles. The quantitative estimate of drug-likeness (QED) is 0.705. The molecule has 106 valence electrons. The molecule has 0 amide bonds. The highest BCUT2D eigenvalue weighted by atomic mass is 32.1. The van der Waals surface area contributed by atoms with Crippen LogP contribution in [-0.2, 0) is 0 Å². The molecule has 1 atom stereocenters. The molecule has 0 fully saturated rings. The molecule has 5 heteroatoms. The molecule has 2 N–H and O–H groups in total. The van der Waals surface area contributed by atoms with E-state index in [9.17, 15) is 0 Å². The van der Waals surface area contributed by atoms with Crippen LogP contribution in [0.3, 0.4) is 0 Å². The zero-order valence-corrected chi connectivity index (χ0v) is 13.2. The van der Waals surface area contributed by atoms with Gasteiger partial charge in [-0.3, -0.25) is 0 Å². The van der Waals surface area contributed by atoms with Gasteiger partial charge in [0.05, 0.1) is 6.04 Å². The lowest BCUT2D eigenvalue weighted by Crippen LogP contribution is -2.30. The van der Waals surface area contributed by atoms with Crippen LogP contribution in [-0.4, -0.2) is 10.1 Å². The van der Waals surface area contributed by atoms with Crippen LogP contribution in [0, 0.1) is 0 Å². The molecule has 21 heavy (non-hydrogen) atoms. The highest BCUT2D eigenvalue weighted by Gasteiger charge is 2.10. The predicted molar refractivity (Wildman–Crippen MR) is 93.8 cm³/mol. The molecule has 0 unspecified atom stereocenters. The van der Waals surface area contributed by atoms with Crippen LogP contribution in [0.5, 0.6) is 0 Å². The Morgan fingerprint density at radius 3 is 2.81 bits per heavy atom. The van der Waals surface area contributed by atoms with Crippen molar-refractivity contribution in [2.75, 3.05) is 5.32 Å². The van der Waals surface area contributed by atoms with Crippen LogP contribution in [0.1, 0.15) is 18.5 Å². The Balaban J connectivity index is 1.77. The first kappa shape index (κ1) is 14.0. The Kier molecular flexibility index (Phi) is 4.13. The average molecular weight is 313 g/mol. The minimum Gasteiger partial charge on any atom is -0.356 e. The Hall–Kier alpha value is -1.98. The van der Waals surface area contributed by atoms with Crippen molar-refractivity contribution in [2.24, 2.45) is 0 Å². The lowest BCUT2D eigenvalue weighted by Gasteiger charge is -2.18. The monoisotopic (exact) mass is 313 g/mol. The Morgan fingerprint density at radius 1 is 1.19 bits per heavy atom. The van der Waals surface area contributed by atoms with Gasteiger partial charge in [0.25, 0.3) is 0 Å². The molecular weight excluding hydrogens is 298 g/mol. The number of nitrogens with zero attached hydrogens (tertiary/aromatic N) is 1. The van der Waals surface area contributed by atoms with Crippen molar-refractivity contribution in [3.05, 3.63) is 59.6 Å². The largest absolute Gasteiger partial charge is 0.356 e. The molecule has 0 saturated heterocycles. The first-order valence-electron chi connectivity index (χ1n) is 6.69. The average Bonchev–Trinajstić information content (AvgIpc) is 2.99. The van der Waals surface area contributed by atoms with E-state index in [4.69, 9.17) is 12.2 Å². The predicted octanol–water partition coefficient (Wildman–Crippen LogP) is 4.34. The molecule has 3 nitrogen and oxygen atoms in total. The van der Waals surface area contributed by atoms with Crippen LogP contribution in [0.4, 0.5) is 5.13 Å². The molecular formula is C16H15N3S2. The summed E-state index contributed by atoms with van der Waals surface area (Å²) < 4.78 is 0. The number of hydrogen-bond acceptors (Lipinski definition) is 3. The van der Waals surface area contributed by atoms with Gasteiger partial charge in [-0.25, -0.2) is 4.98 Å². The minimum absolute atomic E-state index is 0.121. The third-order valence-electron chi connectivity index (χ3n) is 3.29. The third kappa shape index (κ3) is 3.20. The number of thiocarbonyl (C=S) groups is 1. The van der Waals surface area contributed by atoms with Gasteiger partial charge in [-0.1, -0.05) is 42.5 Å². The molecule has 0 spiro atoms. The number of anilines is 1. The zero-order valence-electron chi connectivity index (χ0n) is 11.5. The van der Waals surface area contributed by atoms with E-state index >= 15 is 0 Å². The van der Waals surface area contributed by atoms with Crippen molar-refractivity contribution in [3.63, 3.8) is 0 Å². The molecule has 3 rings (SSSR count). The van der Waals surface area contributed by atoms with Crippen molar-refractivity contribution < 1.29 is 0 Å². The van der Waals surface area contributed by atoms with E-state index in [0.717, 1.165) is 5.13 Å². The Morgan fingerprint density at radius 2 is 2.00 bits per heavy atom. The maximum Gasteiger partial charge on any atom is 0.188 e. The van der Waals surface area contributed by atoms with Crippen LogP contribution >= 0.6 is 23.6 Å². The van der Waals surface area contributed by atoms with Crippen molar-refractivity contribution in [1.29, 1.82) is 0 Å². The molecule has 0 aliphatic heterocycles. The number of hydrogen-bond donors (Lipinski definition) is 2. The minimum atomic E-state index is 0.121. The van der Waals surface area contributed by atoms with E-state index in [1.54, 1.807) is 6.20 Å². The lowest BCUT2D eigenvalue weighted by atomic mass is 10.00. The number of fused-ring (bicyclic) bond motifs is 1. The molecule has 3 aromatic rings. The van der Waals surface area contributed by atoms with E-state index in [0.29, 0.717) is 5.11 Å². The maximum absolute atomic E-state index is 5.35. The van der Waals surface area contributed by atoms with E-state index in [1.165, 1.54) is 27.7 Å². The van der Waals surface area contributed by atoms with Crippen LogP contribution in [0.15, 0.2) is 54.0 Å². The lowest BCUT2D eigenvalue weighted by molar-refractivity contribution is 0.729. The molecule has 1 heterocycles. The van der Waals surface area contributed by atoms with Crippen molar-refractivity contribution in [1.82, 2.24) is 10.3 Å². The van der Waals surface area contributed by atoms with Gasteiger partial charge in [0, 0.05) is 11.6 Å². The van der Waals surface area contributed by atoms with Gasteiger partial charge in [0.15, 0.2) is 10.2 Å². The van der Waals surface area contributed by atoms with Crippen LogP contribution in [0.25, 0.3) is 10.8 Å². The SMILES string of the molecule is C[C@@H](NC(=S)Nc1nccs1)c1cccc2ccccc12. The highest BCUT2D eigenvalue weighted by Crippen LogP contribution is 2.24. The summed E-state index contributed by atoms with van der Waals surface area (Å²) in [5.41, 5.74) is 1.23. The first-order chi connectivity index (χ1) is 10.2.